The Balaban J connectivity index is 2.08. The topological polar surface area (TPSA) is 42.1 Å². The Morgan fingerprint density at radius 1 is 0.926 bits per heavy atom. The molecule has 144 valence electrons. The van der Waals surface area contributed by atoms with Gasteiger partial charge < -0.3 is 5.73 Å². The minimum Gasteiger partial charge on any atom is -0.324 e. The van der Waals surface area contributed by atoms with E-state index in [9.17, 15) is 0 Å². The summed E-state index contributed by atoms with van der Waals surface area (Å²) in [5.41, 5.74) is 9.86. The summed E-state index contributed by atoms with van der Waals surface area (Å²) in [7, 11) is 0. The summed E-state index contributed by atoms with van der Waals surface area (Å²) >= 11 is 6.22. The van der Waals surface area contributed by atoms with Gasteiger partial charge in [-0.2, -0.15) is 0 Å². The van der Waals surface area contributed by atoms with Gasteiger partial charge in [-0.1, -0.05) is 35.9 Å². The SMILES string of the molecule is CC(C)N(C(C)C)C(C)CC(N)c1c2ccccc2nc2cc(Cl)ccc12. The molecule has 0 bridgehead atoms. The molecule has 0 radical (unpaired) electrons. The number of pyridine rings is 1. The van der Waals surface area contributed by atoms with Crippen LogP contribution in [0.1, 0.15) is 52.6 Å². The Labute approximate surface area is 167 Å². The third-order valence-corrected chi connectivity index (χ3v) is 5.59. The fraction of sp³-hybridized carbons (Fsp3) is 0.435. The molecule has 27 heavy (non-hydrogen) atoms. The first-order chi connectivity index (χ1) is 12.8. The Morgan fingerprint density at radius 2 is 1.56 bits per heavy atom. The standard InChI is InChI=1S/C23H30ClN3/c1-14(2)27(15(3)4)16(5)12-20(25)23-18-8-6-7-9-21(18)26-22-13-17(24)10-11-19(22)23/h6-11,13-16,20H,12,25H2,1-5H3. The average molecular weight is 384 g/mol. The molecule has 1 aromatic heterocycles. The Bertz CT molecular complexity index is 927. The van der Waals surface area contributed by atoms with Gasteiger partial charge in [0.05, 0.1) is 11.0 Å². The number of aromatic nitrogens is 1. The van der Waals surface area contributed by atoms with E-state index in [1.54, 1.807) is 0 Å². The van der Waals surface area contributed by atoms with Crippen molar-refractivity contribution in [2.45, 2.75) is 65.2 Å². The summed E-state index contributed by atoms with van der Waals surface area (Å²) in [5, 5.41) is 2.93. The first-order valence-corrected chi connectivity index (χ1v) is 10.2. The van der Waals surface area contributed by atoms with Crippen LogP contribution in [0.4, 0.5) is 0 Å². The van der Waals surface area contributed by atoms with Crippen LogP contribution in [0.15, 0.2) is 42.5 Å². The van der Waals surface area contributed by atoms with Crippen molar-refractivity contribution in [3.8, 4) is 0 Å². The van der Waals surface area contributed by atoms with Crippen LogP contribution in [0, 0.1) is 0 Å². The maximum absolute atomic E-state index is 6.82. The molecule has 3 aromatic rings. The summed E-state index contributed by atoms with van der Waals surface area (Å²) in [6.45, 7) is 11.3. The molecule has 2 aromatic carbocycles. The van der Waals surface area contributed by atoms with Crippen LogP contribution >= 0.6 is 11.6 Å². The molecule has 2 atom stereocenters. The van der Waals surface area contributed by atoms with Crippen molar-refractivity contribution in [1.29, 1.82) is 0 Å². The van der Waals surface area contributed by atoms with Crippen molar-refractivity contribution >= 4 is 33.4 Å². The van der Waals surface area contributed by atoms with Gasteiger partial charge in [-0.3, -0.25) is 4.90 Å². The van der Waals surface area contributed by atoms with Gasteiger partial charge in [-0.05, 0) is 64.8 Å². The van der Waals surface area contributed by atoms with Gasteiger partial charge in [-0.25, -0.2) is 4.98 Å². The van der Waals surface area contributed by atoms with Crippen molar-refractivity contribution < 1.29 is 0 Å². The smallest absolute Gasteiger partial charge is 0.0727 e. The monoisotopic (exact) mass is 383 g/mol. The quantitative estimate of drug-likeness (QED) is 0.535. The zero-order valence-corrected chi connectivity index (χ0v) is 17.7. The van der Waals surface area contributed by atoms with E-state index in [1.165, 1.54) is 5.56 Å². The molecule has 0 aliphatic heterocycles. The van der Waals surface area contributed by atoms with Crippen LogP contribution in [0.25, 0.3) is 21.8 Å². The van der Waals surface area contributed by atoms with E-state index in [4.69, 9.17) is 22.3 Å². The van der Waals surface area contributed by atoms with Gasteiger partial charge in [-0.15, -0.1) is 0 Å². The van der Waals surface area contributed by atoms with E-state index in [-0.39, 0.29) is 6.04 Å². The molecule has 3 rings (SSSR count). The highest BCUT2D eigenvalue weighted by Gasteiger charge is 2.24. The maximum Gasteiger partial charge on any atom is 0.0727 e. The number of rotatable bonds is 6. The predicted octanol–water partition coefficient (Wildman–Crippen LogP) is 5.94. The summed E-state index contributed by atoms with van der Waals surface area (Å²) in [6.07, 6.45) is 0.891. The molecule has 0 aliphatic carbocycles. The number of hydrogen-bond donors (Lipinski definition) is 1. The van der Waals surface area contributed by atoms with Crippen molar-refractivity contribution in [2.24, 2.45) is 5.73 Å². The van der Waals surface area contributed by atoms with Gasteiger partial charge >= 0.3 is 0 Å². The van der Waals surface area contributed by atoms with E-state index >= 15 is 0 Å². The van der Waals surface area contributed by atoms with Crippen LogP contribution in [0.5, 0.6) is 0 Å². The fourth-order valence-corrected chi connectivity index (χ4v) is 4.69. The van der Waals surface area contributed by atoms with Crippen molar-refractivity contribution in [3.05, 3.63) is 53.1 Å². The maximum atomic E-state index is 6.82. The second kappa shape index (κ2) is 8.14. The molecular weight excluding hydrogens is 354 g/mol. The van der Waals surface area contributed by atoms with Crippen LogP contribution in [0.2, 0.25) is 5.02 Å². The average Bonchev–Trinajstić information content (AvgIpc) is 2.58. The van der Waals surface area contributed by atoms with Gasteiger partial charge in [0.2, 0.25) is 0 Å². The van der Waals surface area contributed by atoms with Gasteiger partial charge in [0, 0.05) is 40.0 Å². The third-order valence-electron chi connectivity index (χ3n) is 5.35. The molecule has 0 fully saturated rings. The third kappa shape index (κ3) is 4.11. The summed E-state index contributed by atoms with van der Waals surface area (Å²) in [4.78, 5) is 7.33. The minimum atomic E-state index is -0.0726. The highest BCUT2D eigenvalue weighted by molar-refractivity contribution is 6.31. The molecule has 0 spiro atoms. The van der Waals surface area contributed by atoms with E-state index in [0.717, 1.165) is 28.2 Å². The lowest BCUT2D eigenvalue weighted by Crippen LogP contribution is -2.44. The molecule has 0 amide bonds. The summed E-state index contributed by atoms with van der Waals surface area (Å²) in [6, 6.07) is 15.4. The van der Waals surface area contributed by atoms with Crippen molar-refractivity contribution in [2.75, 3.05) is 0 Å². The molecular formula is C23H30ClN3. The number of nitrogens with zero attached hydrogens (tertiary/aromatic N) is 2. The van der Waals surface area contributed by atoms with Crippen LogP contribution in [0.3, 0.4) is 0 Å². The van der Waals surface area contributed by atoms with E-state index < -0.39 is 0 Å². The normalized spacial score (nSPS) is 14.6. The highest BCUT2D eigenvalue weighted by atomic mass is 35.5. The molecule has 0 saturated carbocycles. The Morgan fingerprint density at radius 3 is 2.22 bits per heavy atom. The zero-order valence-electron chi connectivity index (χ0n) is 16.9. The molecule has 2 unspecified atom stereocenters. The number of nitrogens with two attached hydrogens (primary N) is 1. The number of halogens is 1. The zero-order chi connectivity index (χ0) is 19.7. The Hall–Kier alpha value is -1.68. The van der Waals surface area contributed by atoms with Gasteiger partial charge in [0.1, 0.15) is 0 Å². The number of para-hydroxylation sites is 1. The molecule has 4 heteroatoms. The van der Waals surface area contributed by atoms with Crippen molar-refractivity contribution in [1.82, 2.24) is 9.88 Å². The van der Waals surface area contributed by atoms with E-state index in [0.29, 0.717) is 23.1 Å². The van der Waals surface area contributed by atoms with Gasteiger partial charge in [0.25, 0.3) is 0 Å². The highest BCUT2D eigenvalue weighted by Crippen LogP contribution is 2.33. The molecule has 2 N–H and O–H groups in total. The molecule has 0 aliphatic rings. The lowest BCUT2D eigenvalue weighted by molar-refractivity contribution is 0.112. The summed E-state index contributed by atoms with van der Waals surface area (Å²) < 4.78 is 0. The van der Waals surface area contributed by atoms with Crippen LogP contribution < -0.4 is 5.73 Å². The Kier molecular flexibility index (Phi) is 6.05. The molecule has 3 nitrogen and oxygen atoms in total. The molecule has 0 saturated heterocycles. The lowest BCUT2D eigenvalue weighted by atomic mass is 9.92. The largest absolute Gasteiger partial charge is 0.324 e. The molecule has 1 heterocycles. The van der Waals surface area contributed by atoms with Crippen LogP contribution in [-0.4, -0.2) is 28.0 Å². The number of hydrogen-bond acceptors (Lipinski definition) is 3. The minimum absolute atomic E-state index is 0.0726. The van der Waals surface area contributed by atoms with Crippen LogP contribution in [-0.2, 0) is 0 Å². The number of benzene rings is 2. The van der Waals surface area contributed by atoms with E-state index in [2.05, 4.69) is 57.7 Å². The van der Waals surface area contributed by atoms with Crippen molar-refractivity contribution in [3.63, 3.8) is 0 Å². The van der Waals surface area contributed by atoms with Gasteiger partial charge in [0.15, 0.2) is 0 Å². The summed E-state index contributed by atoms with van der Waals surface area (Å²) in [5.74, 6) is 0. The number of fused-ring (bicyclic) bond motifs is 2. The van der Waals surface area contributed by atoms with E-state index in [1.807, 2.05) is 24.3 Å². The lowest BCUT2D eigenvalue weighted by Gasteiger charge is -2.37. The second-order valence-electron chi connectivity index (χ2n) is 8.03. The first-order valence-electron chi connectivity index (χ1n) is 9.80. The second-order valence-corrected chi connectivity index (χ2v) is 8.47. The first kappa shape index (κ1) is 20.1. The fourth-order valence-electron chi connectivity index (χ4n) is 4.52. The predicted molar refractivity (Wildman–Crippen MR) is 117 cm³/mol.